The molecule has 0 radical (unpaired) electrons. The Morgan fingerprint density at radius 2 is 1.70 bits per heavy atom. The van der Waals surface area contributed by atoms with Crippen molar-refractivity contribution in [1.82, 2.24) is 4.98 Å². The first-order valence-corrected chi connectivity index (χ1v) is 6.26. The lowest BCUT2D eigenvalue weighted by atomic mass is 10.1. The highest BCUT2D eigenvalue weighted by atomic mass is 79.9. The maximum absolute atomic E-state index is 13.3. The second-order valence-electron chi connectivity index (χ2n) is 3.90. The van der Waals surface area contributed by atoms with Gasteiger partial charge in [0.05, 0.1) is 5.56 Å². The monoisotopic (exact) mass is 349 g/mol. The van der Waals surface area contributed by atoms with Crippen LogP contribution in [0.25, 0.3) is 0 Å². The third-order valence-corrected chi connectivity index (χ3v) is 2.88. The van der Waals surface area contributed by atoms with Crippen LogP contribution in [0.1, 0.15) is 11.1 Å². The van der Waals surface area contributed by atoms with Crippen molar-refractivity contribution in [2.24, 2.45) is 0 Å². The molecule has 7 heteroatoms. The number of benzene rings is 1. The fourth-order valence-electron chi connectivity index (χ4n) is 1.44. The number of pyridine rings is 1. The summed E-state index contributed by atoms with van der Waals surface area (Å²) in [4.78, 5) is 3.78. The highest BCUT2D eigenvalue weighted by Crippen LogP contribution is 2.29. The van der Waals surface area contributed by atoms with Gasteiger partial charge in [0.1, 0.15) is 11.2 Å². The minimum absolute atomic E-state index is 0.0709. The number of rotatable bonds is 3. The van der Waals surface area contributed by atoms with E-state index in [2.05, 4.69) is 20.9 Å². The average molecular weight is 350 g/mol. The van der Waals surface area contributed by atoms with E-state index in [1.807, 2.05) is 0 Å². The van der Waals surface area contributed by atoms with E-state index < -0.39 is 17.6 Å². The van der Waals surface area contributed by atoms with Crippen LogP contribution in [0.5, 0.6) is 5.88 Å². The summed E-state index contributed by atoms with van der Waals surface area (Å²) in [5.74, 6) is -0.848. The zero-order valence-corrected chi connectivity index (χ0v) is 11.5. The molecule has 2 aromatic rings. The number of aromatic nitrogens is 1. The lowest BCUT2D eigenvalue weighted by Crippen LogP contribution is -2.05. The highest BCUT2D eigenvalue weighted by molar-refractivity contribution is 9.10. The van der Waals surface area contributed by atoms with Gasteiger partial charge in [-0.05, 0) is 45.8 Å². The van der Waals surface area contributed by atoms with E-state index in [0.29, 0.717) is 10.2 Å². The summed E-state index contributed by atoms with van der Waals surface area (Å²) in [6.07, 6.45) is -4.38. The minimum Gasteiger partial charge on any atom is -0.471 e. The first-order valence-electron chi connectivity index (χ1n) is 5.47. The molecule has 0 saturated carbocycles. The Balaban J connectivity index is 2.06. The van der Waals surface area contributed by atoms with Crippen molar-refractivity contribution in [3.63, 3.8) is 0 Å². The van der Waals surface area contributed by atoms with Gasteiger partial charge in [-0.1, -0.05) is 12.1 Å². The van der Waals surface area contributed by atoms with E-state index in [-0.39, 0.29) is 12.5 Å². The molecular formula is C13H8BrF4NO. The first kappa shape index (κ1) is 14.8. The Labute approximate surface area is 120 Å². The third-order valence-electron chi connectivity index (χ3n) is 2.44. The zero-order chi connectivity index (χ0) is 14.8. The second-order valence-corrected chi connectivity index (χ2v) is 4.72. The van der Waals surface area contributed by atoms with Crippen LogP contribution in [0, 0.1) is 5.82 Å². The van der Waals surface area contributed by atoms with E-state index in [1.54, 1.807) is 0 Å². The van der Waals surface area contributed by atoms with Gasteiger partial charge in [-0.15, -0.1) is 0 Å². The molecule has 0 unspecified atom stereocenters. The van der Waals surface area contributed by atoms with Gasteiger partial charge >= 0.3 is 6.18 Å². The Morgan fingerprint density at radius 1 is 1.05 bits per heavy atom. The van der Waals surface area contributed by atoms with Gasteiger partial charge in [0, 0.05) is 0 Å². The normalized spacial score (nSPS) is 11.4. The van der Waals surface area contributed by atoms with E-state index in [9.17, 15) is 17.6 Å². The van der Waals surface area contributed by atoms with Gasteiger partial charge in [-0.3, -0.25) is 0 Å². The van der Waals surface area contributed by atoms with E-state index in [4.69, 9.17) is 4.74 Å². The van der Waals surface area contributed by atoms with Gasteiger partial charge in [0.2, 0.25) is 0 Å². The summed E-state index contributed by atoms with van der Waals surface area (Å²) >= 11 is 3.07. The summed E-state index contributed by atoms with van der Waals surface area (Å²) in [5, 5.41) is 0. The molecule has 2 nitrogen and oxygen atoms in total. The van der Waals surface area contributed by atoms with Gasteiger partial charge in [0.15, 0.2) is 5.82 Å². The molecule has 0 aliphatic heterocycles. The Hall–Kier alpha value is -1.63. The number of halogens is 5. The molecule has 0 spiro atoms. The van der Waals surface area contributed by atoms with Gasteiger partial charge in [0.25, 0.3) is 5.88 Å². The predicted molar refractivity (Wildman–Crippen MR) is 67.7 cm³/mol. The fourth-order valence-corrected chi connectivity index (χ4v) is 1.74. The third kappa shape index (κ3) is 3.69. The molecule has 1 aromatic heterocycles. The van der Waals surface area contributed by atoms with Crippen molar-refractivity contribution in [2.45, 2.75) is 12.8 Å². The summed E-state index contributed by atoms with van der Waals surface area (Å²) in [5.41, 5.74) is -0.257. The Morgan fingerprint density at radius 3 is 2.30 bits per heavy atom. The minimum atomic E-state index is -4.38. The highest BCUT2D eigenvalue weighted by Gasteiger charge is 2.29. The Kier molecular flexibility index (Phi) is 4.27. The van der Waals surface area contributed by atoms with E-state index in [0.717, 1.165) is 12.1 Å². The van der Waals surface area contributed by atoms with Crippen LogP contribution in [0.3, 0.4) is 0 Å². The van der Waals surface area contributed by atoms with Crippen molar-refractivity contribution in [2.75, 3.05) is 0 Å². The second kappa shape index (κ2) is 5.78. The van der Waals surface area contributed by atoms with Crippen LogP contribution in [-0.2, 0) is 12.8 Å². The molecule has 0 bridgehead atoms. The number of ether oxygens (including phenoxy) is 1. The standard InChI is InChI=1S/C13H8BrF4NO/c14-11-6-5-10(15)12(19-11)20-7-8-1-3-9(4-2-8)13(16,17)18/h1-6H,7H2. The van der Waals surface area contributed by atoms with Crippen molar-refractivity contribution in [1.29, 1.82) is 0 Å². The topological polar surface area (TPSA) is 22.1 Å². The zero-order valence-electron chi connectivity index (χ0n) is 9.92. The fraction of sp³-hybridized carbons (Fsp3) is 0.154. The molecule has 0 fully saturated rings. The SMILES string of the molecule is Fc1ccc(Br)nc1OCc1ccc(C(F)(F)F)cc1. The largest absolute Gasteiger partial charge is 0.471 e. The van der Waals surface area contributed by atoms with Gasteiger partial charge in [-0.2, -0.15) is 13.2 Å². The van der Waals surface area contributed by atoms with Gasteiger partial charge < -0.3 is 4.74 Å². The molecule has 0 atom stereocenters. The summed E-state index contributed by atoms with van der Waals surface area (Å²) in [6, 6.07) is 7.05. The molecule has 20 heavy (non-hydrogen) atoms. The molecule has 106 valence electrons. The van der Waals surface area contributed by atoms with E-state index >= 15 is 0 Å². The van der Waals surface area contributed by atoms with Crippen molar-refractivity contribution in [3.05, 3.63) is 57.9 Å². The molecule has 1 heterocycles. The van der Waals surface area contributed by atoms with Crippen LogP contribution >= 0.6 is 15.9 Å². The van der Waals surface area contributed by atoms with Crippen LogP contribution in [-0.4, -0.2) is 4.98 Å². The van der Waals surface area contributed by atoms with Gasteiger partial charge in [-0.25, -0.2) is 9.37 Å². The molecule has 0 aliphatic carbocycles. The molecule has 0 saturated heterocycles. The lowest BCUT2D eigenvalue weighted by molar-refractivity contribution is -0.137. The molecule has 2 rings (SSSR count). The molecule has 0 amide bonds. The predicted octanol–water partition coefficient (Wildman–Crippen LogP) is 4.58. The van der Waals surface area contributed by atoms with Crippen LogP contribution in [0.2, 0.25) is 0 Å². The van der Waals surface area contributed by atoms with Crippen molar-refractivity contribution >= 4 is 15.9 Å². The number of hydrogen-bond donors (Lipinski definition) is 0. The number of hydrogen-bond acceptors (Lipinski definition) is 2. The van der Waals surface area contributed by atoms with Crippen LogP contribution < -0.4 is 4.74 Å². The van der Waals surface area contributed by atoms with Crippen LogP contribution in [0.4, 0.5) is 17.6 Å². The maximum Gasteiger partial charge on any atom is 0.416 e. The molecule has 1 aromatic carbocycles. The maximum atomic E-state index is 13.3. The van der Waals surface area contributed by atoms with Crippen molar-refractivity contribution in [3.8, 4) is 5.88 Å². The Bertz CT molecular complexity index is 598. The average Bonchev–Trinajstić information content (AvgIpc) is 2.39. The van der Waals surface area contributed by atoms with Crippen LogP contribution in [0.15, 0.2) is 41.0 Å². The number of nitrogens with zero attached hydrogens (tertiary/aromatic N) is 1. The van der Waals surface area contributed by atoms with E-state index in [1.165, 1.54) is 24.3 Å². The summed E-state index contributed by atoms with van der Waals surface area (Å²) in [6.45, 7) is -0.0709. The molecule has 0 N–H and O–H groups in total. The number of alkyl halides is 3. The quantitative estimate of drug-likeness (QED) is 0.597. The smallest absolute Gasteiger partial charge is 0.416 e. The summed E-state index contributed by atoms with van der Waals surface area (Å²) < 4.78 is 56.0. The van der Waals surface area contributed by atoms with Crippen molar-refractivity contribution < 1.29 is 22.3 Å². The molecular weight excluding hydrogens is 342 g/mol. The molecule has 0 aliphatic rings. The first-order chi connectivity index (χ1) is 9.36. The lowest BCUT2D eigenvalue weighted by Gasteiger charge is -2.09. The summed E-state index contributed by atoms with van der Waals surface area (Å²) in [7, 11) is 0.